The van der Waals surface area contributed by atoms with Gasteiger partial charge in [0.2, 0.25) is 0 Å². The summed E-state index contributed by atoms with van der Waals surface area (Å²) in [7, 11) is 1.37. The van der Waals surface area contributed by atoms with Crippen molar-refractivity contribution in [2.45, 2.75) is 0 Å². The molecule has 0 aromatic heterocycles. The van der Waals surface area contributed by atoms with Gasteiger partial charge in [-0.1, -0.05) is 0 Å². The molecule has 13 heavy (non-hydrogen) atoms. The molecular weight excluding hydrogens is 172 g/mol. The van der Waals surface area contributed by atoms with Crippen molar-refractivity contribution in [1.29, 1.82) is 0 Å². The largest absolute Gasteiger partial charge is 0.504 e. The lowest BCUT2D eigenvalue weighted by Crippen LogP contribution is -1.94. The predicted molar refractivity (Wildman–Crippen MR) is 45.4 cm³/mol. The number of carbonyl (C=O) groups is 2. The fourth-order valence-corrected chi connectivity index (χ4v) is 0.995. The first-order valence-electron chi connectivity index (χ1n) is 3.55. The summed E-state index contributed by atoms with van der Waals surface area (Å²) in [4.78, 5) is 20.9. The van der Waals surface area contributed by atoms with Gasteiger partial charge in [-0.2, -0.15) is 0 Å². The van der Waals surface area contributed by atoms with E-state index in [1.54, 1.807) is 0 Å². The van der Waals surface area contributed by atoms with Gasteiger partial charge in [0, 0.05) is 5.56 Å². The fraction of sp³-hybridized carbons (Fsp3) is 0.111. The van der Waals surface area contributed by atoms with Crippen LogP contribution in [0.1, 0.15) is 20.7 Å². The molecule has 0 aliphatic heterocycles. The van der Waals surface area contributed by atoms with Gasteiger partial charge >= 0.3 is 0 Å². The molecule has 0 unspecified atom stereocenters. The minimum Gasteiger partial charge on any atom is -0.504 e. The molecule has 0 aliphatic rings. The summed E-state index contributed by atoms with van der Waals surface area (Å²) in [6, 6.07) is 2.83. The van der Waals surface area contributed by atoms with E-state index in [0.717, 1.165) is 0 Å². The lowest BCUT2D eigenvalue weighted by Gasteiger charge is -2.05. The molecular formula is C9H8O4. The molecule has 0 spiro atoms. The molecule has 0 aliphatic carbocycles. The Morgan fingerprint density at radius 2 is 2.00 bits per heavy atom. The number of aromatic hydroxyl groups is 1. The number of methoxy groups -OCH3 is 1. The Hall–Kier alpha value is -1.84. The summed E-state index contributed by atoms with van der Waals surface area (Å²) in [6.45, 7) is 0. The van der Waals surface area contributed by atoms with Crippen LogP contribution in [0.15, 0.2) is 12.1 Å². The molecule has 0 saturated carbocycles. The highest BCUT2D eigenvalue weighted by Gasteiger charge is 2.11. The van der Waals surface area contributed by atoms with Gasteiger partial charge in [-0.15, -0.1) is 0 Å². The minimum absolute atomic E-state index is 0.0469. The zero-order valence-electron chi connectivity index (χ0n) is 6.98. The number of rotatable bonds is 3. The van der Waals surface area contributed by atoms with Crippen LogP contribution in [0.5, 0.6) is 11.5 Å². The zero-order valence-corrected chi connectivity index (χ0v) is 6.98. The Bertz CT molecular complexity index is 344. The van der Waals surface area contributed by atoms with Crippen LogP contribution in [0.4, 0.5) is 0 Å². The number of aldehydes is 2. The smallest absolute Gasteiger partial charge is 0.169 e. The average molecular weight is 180 g/mol. The van der Waals surface area contributed by atoms with Crippen LogP contribution in [-0.4, -0.2) is 24.8 Å². The molecule has 0 saturated heterocycles. The van der Waals surface area contributed by atoms with Crippen LogP contribution >= 0.6 is 0 Å². The number of benzene rings is 1. The van der Waals surface area contributed by atoms with Crippen molar-refractivity contribution < 1.29 is 19.4 Å². The molecule has 0 radical (unpaired) electrons. The monoisotopic (exact) mass is 180 g/mol. The van der Waals surface area contributed by atoms with Gasteiger partial charge in [0.1, 0.15) is 0 Å². The molecule has 1 rings (SSSR count). The second-order valence-corrected chi connectivity index (χ2v) is 2.36. The number of ether oxygens (including phenoxy) is 1. The van der Waals surface area contributed by atoms with Crippen LogP contribution in [0.3, 0.4) is 0 Å². The molecule has 0 heterocycles. The van der Waals surface area contributed by atoms with Crippen LogP contribution in [0.25, 0.3) is 0 Å². The molecule has 1 aromatic carbocycles. The molecule has 0 amide bonds. The fourth-order valence-electron chi connectivity index (χ4n) is 0.995. The molecule has 1 N–H and O–H groups in total. The van der Waals surface area contributed by atoms with Gasteiger partial charge in [0.05, 0.1) is 12.7 Å². The van der Waals surface area contributed by atoms with Gasteiger partial charge in [-0.3, -0.25) is 9.59 Å². The van der Waals surface area contributed by atoms with Crippen LogP contribution in [-0.2, 0) is 0 Å². The van der Waals surface area contributed by atoms with Crippen molar-refractivity contribution in [3.05, 3.63) is 23.3 Å². The summed E-state index contributed by atoms with van der Waals surface area (Å²) in [5, 5.41) is 9.39. The van der Waals surface area contributed by atoms with E-state index in [2.05, 4.69) is 0 Å². The molecule has 4 nitrogen and oxygen atoms in total. The Kier molecular flexibility index (Phi) is 2.64. The highest BCUT2D eigenvalue weighted by Crippen LogP contribution is 2.30. The molecule has 0 bridgehead atoms. The van der Waals surface area contributed by atoms with Crippen molar-refractivity contribution >= 4 is 12.6 Å². The quantitative estimate of drug-likeness (QED) is 0.705. The Balaban J connectivity index is 3.39. The van der Waals surface area contributed by atoms with Crippen molar-refractivity contribution in [3.63, 3.8) is 0 Å². The van der Waals surface area contributed by atoms with E-state index >= 15 is 0 Å². The summed E-state index contributed by atoms with van der Waals surface area (Å²) < 4.78 is 4.76. The number of phenols is 1. The zero-order chi connectivity index (χ0) is 9.84. The molecule has 1 aromatic rings. The van der Waals surface area contributed by atoms with E-state index in [1.165, 1.54) is 19.2 Å². The van der Waals surface area contributed by atoms with E-state index in [0.29, 0.717) is 12.6 Å². The highest BCUT2D eigenvalue weighted by molar-refractivity contribution is 5.93. The van der Waals surface area contributed by atoms with E-state index in [9.17, 15) is 14.7 Å². The van der Waals surface area contributed by atoms with Gasteiger partial charge in [-0.25, -0.2) is 0 Å². The van der Waals surface area contributed by atoms with E-state index in [4.69, 9.17) is 4.74 Å². The van der Waals surface area contributed by atoms with E-state index in [1.807, 2.05) is 0 Å². The Labute approximate surface area is 74.8 Å². The lowest BCUT2D eigenvalue weighted by atomic mass is 10.1. The first-order valence-corrected chi connectivity index (χ1v) is 3.55. The highest BCUT2D eigenvalue weighted by atomic mass is 16.5. The third kappa shape index (κ3) is 1.51. The summed E-state index contributed by atoms with van der Waals surface area (Å²) in [5.41, 5.74) is 0.0997. The van der Waals surface area contributed by atoms with E-state index < -0.39 is 0 Å². The van der Waals surface area contributed by atoms with Crippen LogP contribution in [0.2, 0.25) is 0 Å². The van der Waals surface area contributed by atoms with Gasteiger partial charge in [-0.05, 0) is 12.1 Å². The van der Waals surface area contributed by atoms with Gasteiger partial charge < -0.3 is 9.84 Å². The molecule has 4 heteroatoms. The van der Waals surface area contributed by atoms with Crippen LogP contribution in [0, 0.1) is 0 Å². The number of hydrogen-bond acceptors (Lipinski definition) is 4. The van der Waals surface area contributed by atoms with Gasteiger partial charge in [0.15, 0.2) is 24.1 Å². The van der Waals surface area contributed by atoms with E-state index in [-0.39, 0.29) is 22.6 Å². The number of carbonyl (C=O) groups excluding carboxylic acids is 2. The Morgan fingerprint density at radius 1 is 1.31 bits per heavy atom. The second kappa shape index (κ2) is 3.71. The minimum atomic E-state index is -0.304. The second-order valence-electron chi connectivity index (χ2n) is 2.36. The molecule has 68 valence electrons. The standard InChI is InChI=1S/C9H8O4/c1-13-8-3-2-6(4-10)7(5-11)9(8)12/h2-5,12H,1H3. The van der Waals surface area contributed by atoms with Crippen molar-refractivity contribution in [2.75, 3.05) is 7.11 Å². The van der Waals surface area contributed by atoms with Crippen LogP contribution < -0.4 is 4.74 Å². The third-order valence-corrected chi connectivity index (χ3v) is 1.68. The summed E-state index contributed by atoms with van der Waals surface area (Å²) in [5.74, 6) is -0.130. The van der Waals surface area contributed by atoms with Crippen molar-refractivity contribution in [3.8, 4) is 11.5 Å². The third-order valence-electron chi connectivity index (χ3n) is 1.68. The lowest BCUT2D eigenvalue weighted by molar-refractivity contribution is 0.109. The van der Waals surface area contributed by atoms with Gasteiger partial charge in [0.25, 0.3) is 0 Å². The maximum absolute atomic E-state index is 10.5. The normalized spacial score (nSPS) is 9.31. The first kappa shape index (κ1) is 9.25. The predicted octanol–water partition coefficient (Wildman–Crippen LogP) is 1.03. The van der Waals surface area contributed by atoms with Crippen molar-refractivity contribution in [1.82, 2.24) is 0 Å². The first-order chi connectivity index (χ1) is 6.24. The number of phenolic OH excluding ortho intramolecular Hbond substituents is 1. The topological polar surface area (TPSA) is 63.6 Å². The maximum atomic E-state index is 10.5. The molecule has 0 atom stereocenters. The number of hydrogen-bond donors (Lipinski definition) is 1. The Morgan fingerprint density at radius 3 is 2.46 bits per heavy atom. The summed E-state index contributed by atoms with van der Waals surface area (Å²) >= 11 is 0. The SMILES string of the molecule is COc1ccc(C=O)c(C=O)c1O. The molecule has 0 fully saturated rings. The average Bonchev–Trinajstić information content (AvgIpc) is 2.17. The van der Waals surface area contributed by atoms with Crippen molar-refractivity contribution in [2.24, 2.45) is 0 Å². The summed E-state index contributed by atoms with van der Waals surface area (Å²) in [6.07, 6.45) is 0.921. The maximum Gasteiger partial charge on any atom is 0.169 e.